The highest BCUT2D eigenvalue weighted by atomic mass is 32.2. The maximum atomic E-state index is 10.9. The first-order valence-corrected chi connectivity index (χ1v) is 7.71. The molecule has 1 aromatic rings. The van der Waals surface area contributed by atoms with E-state index in [1.807, 2.05) is 0 Å². The summed E-state index contributed by atoms with van der Waals surface area (Å²) in [4.78, 5) is 10.4. The summed E-state index contributed by atoms with van der Waals surface area (Å²) in [5, 5.41) is 19.6. The van der Waals surface area contributed by atoms with Gasteiger partial charge in [0.25, 0.3) is 0 Å². The third-order valence-corrected chi connectivity index (χ3v) is 3.68. The number of carboxylic acid groups (broad SMARTS) is 1. The molecule has 1 heterocycles. The number of tetrazole rings is 1. The second-order valence-corrected chi connectivity index (χ2v) is 6.55. The number of rotatable bonds is 7. The Morgan fingerprint density at radius 3 is 2.82 bits per heavy atom. The van der Waals surface area contributed by atoms with Crippen molar-refractivity contribution in [2.45, 2.75) is 18.1 Å². The first-order valence-electron chi connectivity index (χ1n) is 4.67. The number of aromatic nitrogens is 4. The largest absolute Gasteiger partial charge is 0.481 e. The minimum Gasteiger partial charge on any atom is -0.481 e. The van der Waals surface area contributed by atoms with Gasteiger partial charge in [-0.1, -0.05) is 11.8 Å². The van der Waals surface area contributed by atoms with E-state index in [1.165, 1.54) is 4.68 Å². The number of hydrogen-bond acceptors (Lipinski definition) is 7. The Bertz CT molecular complexity index is 484. The first kappa shape index (κ1) is 13.9. The van der Waals surface area contributed by atoms with Crippen molar-refractivity contribution in [3.63, 3.8) is 0 Å². The molecule has 8 nitrogen and oxygen atoms in total. The fraction of sp³-hybridized carbons (Fsp3) is 0.714. The molecule has 0 aromatic carbocycles. The molecule has 1 aromatic heterocycles. The highest BCUT2D eigenvalue weighted by Crippen LogP contribution is 2.13. The van der Waals surface area contributed by atoms with Gasteiger partial charge < -0.3 is 5.11 Å². The number of thioether (sulfide) groups is 1. The van der Waals surface area contributed by atoms with E-state index in [2.05, 4.69) is 15.5 Å². The van der Waals surface area contributed by atoms with Crippen LogP contribution in [0.4, 0.5) is 0 Å². The normalized spacial score (nSPS) is 11.6. The summed E-state index contributed by atoms with van der Waals surface area (Å²) in [7, 11) is -3.00. The van der Waals surface area contributed by atoms with Gasteiger partial charge in [0.15, 0.2) is 0 Å². The van der Waals surface area contributed by atoms with E-state index in [1.54, 1.807) is 0 Å². The molecule has 0 atom stereocenters. The summed E-state index contributed by atoms with van der Waals surface area (Å²) in [6, 6.07) is 0. The number of carbonyl (C=O) groups is 1. The molecule has 0 radical (unpaired) electrons. The molecule has 17 heavy (non-hydrogen) atoms. The van der Waals surface area contributed by atoms with Crippen molar-refractivity contribution >= 4 is 27.6 Å². The van der Waals surface area contributed by atoms with Gasteiger partial charge in [-0.3, -0.25) is 4.79 Å². The molecule has 0 aliphatic rings. The highest BCUT2D eigenvalue weighted by Gasteiger charge is 2.10. The number of sulfone groups is 1. The van der Waals surface area contributed by atoms with Crippen molar-refractivity contribution < 1.29 is 18.3 Å². The van der Waals surface area contributed by atoms with Crippen LogP contribution in [0.5, 0.6) is 0 Å². The average Bonchev–Trinajstić information content (AvgIpc) is 2.60. The van der Waals surface area contributed by atoms with Gasteiger partial charge in [0, 0.05) is 12.8 Å². The lowest BCUT2D eigenvalue weighted by molar-refractivity contribution is -0.133. The van der Waals surface area contributed by atoms with Crippen LogP contribution >= 0.6 is 11.8 Å². The number of nitrogens with zero attached hydrogens (tertiary/aromatic N) is 4. The van der Waals surface area contributed by atoms with Gasteiger partial charge in [-0.15, -0.1) is 5.10 Å². The monoisotopic (exact) mass is 280 g/mol. The molecule has 96 valence electrons. The van der Waals surface area contributed by atoms with Gasteiger partial charge in [-0.05, 0) is 16.8 Å². The molecule has 0 spiro atoms. The van der Waals surface area contributed by atoms with Crippen LogP contribution in [0, 0.1) is 0 Å². The van der Waals surface area contributed by atoms with Crippen LogP contribution in [0.25, 0.3) is 0 Å². The van der Waals surface area contributed by atoms with Crippen LogP contribution in [-0.2, 0) is 21.2 Å². The molecule has 0 aliphatic carbocycles. The van der Waals surface area contributed by atoms with E-state index in [0.29, 0.717) is 18.1 Å². The summed E-state index contributed by atoms with van der Waals surface area (Å²) < 4.78 is 23.2. The van der Waals surface area contributed by atoms with Gasteiger partial charge in [0.1, 0.15) is 9.84 Å². The molecule has 0 saturated carbocycles. The molecule has 0 amide bonds. The summed E-state index contributed by atoms with van der Waals surface area (Å²) in [6.07, 6.45) is 1.55. The molecule has 0 bridgehead atoms. The molecular formula is C7H12N4O4S2. The van der Waals surface area contributed by atoms with Crippen LogP contribution in [0.3, 0.4) is 0 Å². The predicted octanol–water partition coefficient (Wildman–Crippen LogP) is -0.715. The van der Waals surface area contributed by atoms with Gasteiger partial charge in [0.05, 0.1) is 11.5 Å². The van der Waals surface area contributed by atoms with E-state index in [4.69, 9.17) is 5.11 Å². The molecular weight excluding hydrogens is 268 g/mol. The molecule has 0 unspecified atom stereocenters. The molecule has 0 fully saturated rings. The highest BCUT2D eigenvalue weighted by molar-refractivity contribution is 7.99. The molecule has 1 rings (SSSR count). The van der Waals surface area contributed by atoms with Gasteiger partial charge in [0.2, 0.25) is 5.16 Å². The van der Waals surface area contributed by atoms with Crippen LogP contribution < -0.4 is 0 Å². The maximum absolute atomic E-state index is 10.9. The van der Waals surface area contributed by atoms with E-state index >= 15 is 0 Å². The topological polar surface area (TPSA) is 115 Å². The van der Waals surface area contributed by atoms with Crippen LogP contribution in [0.1, 0.15) is 6.42 Å². The molecule has 0 aliphatic heterocycles. The Balaban J connectivity index is 2.48. The summed E-state index contributed by atoms with van der Waals surface area (Å²) in [5.41, 5.74) is 0. The van der Waals surface area contributed by atoms with Gasteiger partial charge in [-0.2, -0.15) is 0 Å². The minimum atomic E-state index is -3.00. The maximum Gasteiger partial charge on any atom is 0.313 e. The van der Waals surface area contributed by atoms with Crippen molar-refractivity contribution in [2.24, 2.45) is 0 Å². The molecule has 10 heteroatoms. The van der Waals surface area contributed by atoms with Crippen LogP contribution in [-0.4, -0.2) is 57.5 Å². The van der Waals surface area contributed by atoms with Crippen molar-refractivity contribution in [3.05, 3.63) is 0 Å². The Hall–Kier alpha value is -1.16. The van der Waals surface area contributed by atoms with Crippen LogP contribution in [0.15, 0.2) is 5.16 Å². The number of hydrogen-bond donors (Lipinski definition) is 1. The minimum absolute atomic E-state index is 0.0515. The zero-order valence-corrected chi connectivity index (χ0v) is 10.7. The Morgan fingerprint density at radius 2 is 2.24 bits per heavy atom. The zero-order chi connectivity index (χ0) is 12.9. The Labute approximate surface area is 102 Å². The number of carboxylic acids is 1. The lowest BCUT2D eigenvalue weighted by Crippen LogP contribution is -2.10. The molecule has 0 saturated heterocycles. The fourth-order valence-corrected chi connectivity index (χ4v) is 2.32. The lowest BCUT2D eigenvalue weighted by atomic mass is 10.5. The molecule has 1 N–H and O–H groups in total. The van der Waals surface area contributed by atoms with Crippen LogP contribution in [0.2, 0.25) is 0 Å². The average molecular weight is 280 g/mol. The van der Waals surface area contributed by atoms with E-state index in [-0.39, 0.29) is 11.5 Å². The number of aryl methyl sites for hydroxylation is 1. The Kier molecular flexibility index (Phi) is 4.87. The lowest BCUT2D eigenvalue weighted by Gasteiger charge is -2.02. The van der Waals surface area contributed by atoms with Crippen molar-refractivity contribution in [3.8, 4) is 0 Å². The van der Waals surface area contributed by atoms with Crippen molar-refractivity contribution in [1.82, 2.24) is 20.2 Å². The third kappa shape index (κ3) is 5.63. The Morgan fingerprint density at radius 1 is 1.53 bits per heavy atom. The summed E-state index contributed by atoms with van der Waals surface area (Å²) in [6.45, 7) is 0.349. The van der Waals surface area contributed by atoms with E-state index < -0.39 is 15.8 Å². The van der Waals surface area contributed by atoms with E-state index in [0.717, 1.165) is 18.0 Å². The third-order valence-electron chi connectivity index (χ3n) is 1.71. The van der Waals surface area contributed by atoms with Gasteiger partial charge in [-0.25, -0.2) is 13.1 Å². The smallest absolute Gasteiger partial charge is 0.313 e. The summed E-state index contributed by atoms with van der Waals surface area (Å²) in [5.74, 6) is -1.04. The quantitative estimate of drug-likeness (QED) is 0.651. The standard InChI is InChI=1S/C7H12N4O4S2/c1-17(14,15)4-2-3-11-7(8-9-10-11)16-5-6(12)13/h2-5H2,1H3,(H,12,13). The summed E-state index contributed by atoms with van der Waals surface area (Å²) >= 11 is 0.998. The second-order valence-electron chi connectivity index (χ2n) is 3.35. The zero-order valence-electron chi connectivity index (χ0n) is 9.11. The van der Waals surface area contributed by atoms with Gasteiger partial charge >= 0.3 is 5.97 Å². The fourth-order valence-electron chi connectivity index (χ4n) is 1.04. The second kappa shape index (κ2) is 5.96. The predicted molar refractivity (Wildman–Crippen MR) is 60.5 cm³/mol. The van der Waals surface area contributed by atoms with Crippen molar-refractivity contribution in [2.75, 3.05) is 17.8 Å². The first-order chi connectivity index (χ1) is 7.88. The van der Waals surface area contributed by atoms with Crippen molar-refractivity contribution in [1.29, 1.82) is 0 Å². The van der Waals surface area contributed by atoms with E-state index in [9.17, 15) is 13.2 Å². The SMILES string of the molecule is CS(=O)(=O)CCCn1nnnc1SCC(=O)O. The number of aliphatic carboxylic acids is 1.